The highest BCUT2D eigenvalue weighted by Crippen LogP contribution is 2.41. The SMILES string of the molecule is O=C(O)C1CC2CC1CN(C(=O)OCc1ccccc1)C2. The summed E-state index contributed by atoms with van der Waals surface area (Å²) in [5, 5.41) is 9.20. The summed E-state index contributed by atoms with van der Waals surface area (Å²) >= 11 is 0. The number of carbonyl (C=O) groups excluding carboxylic acids is 1. The third-order valence-electron chi connectivity index (χ3n) is 4.51. The molecule has 1 aromatic carbocycles. The lowest BCUT2D eigenvalue weighted by atomic mass is 9.95. The topological polar surface area (TPSA) is 66.8 Å². The van der Waals surface area contributed by atoms with E-state index in [0.29, 0.717) is 25.4 Å². The molecule has 5 heteroatoms. The van der Waals surface area contributed by atoms with Crippen molar-refractivity contribution in [1.82, 2.24) is 4.90 Å². The van der Waals surface area contributed by atoms with Gasteiger partial charge in [0.2, 0.25) is 0 Å². The van der Waals surface area contributed by atoms with Gasteiger partial charge in [0, 0.05) is 13.1 Å². The van der Waals surface area contributed by atoms with Crippen molar-refractivity contribution >= 4 is 12.1 Å². The summed E-state index contributed by atoms with van der Waals surface area (Å²) in [6.07, 6.45) is 1.27. The Morgan fingerprint density at radius 1 is 1.19 bits per heavy atom. The maximum atomic E-state index is 12.1. The molecule has 0 spiro atoms. The fourth-order valence-electron chi connectivity index (χ4n) is 3.52. The molecule has 1 N–H and O–H groups in total. The van der Waals surface area contributed by atoms with Crippen LogP contribution in [0.1, 0.15) is 18.4 Å². The number of ether oxygens (including phenoxy) is 1. The van der Waals surface area contributed by atoms with Gasteiger partial charge in [0.15, 0.2) is 0 Å². The molecule has 21 heavy (non-hydrogen) atoms. The van der Waals surface area contributed by atoms with Crippen LogP contribution in [0, 0.1) is 17.8 Å². The summed E-state index contributed by atoms with van der Waals surface area (Å²) < 4.78 is 5.33. The third kappa shape index (κ3) is 3.01. The fourth-order valence-corrected chi connectivity index (χ4v) is 3.52. The molecule has 1 amide bonds. The second-order valence-electron chi connectivity index (χ2n) is 5.99. The molecule has 2 bridgehead atoms. The Kier molecular flexibility index (Phi) is 3.82. The lowest BCUT2D eigenvalue weighted by Gasteiger charge is -2.31. The zero-order valence-corrected chi connectivity index (χ0v) is 11.8. The highest BCUT2D eigenvalue weighted by molar-refractivity contribution is 5.72. The molecular weight excluding hydrogens is 270 g/mol. The number of amides is 1. The van der Waals surface area contributed by atoms with E-state index in [0.717, 1.165) is 12.0 Å². The first-order chi connectivity index (χ1) is 10.1. The van der Waals surface area contributed by atoms with Crippen molar-refractivity contribution in [3.63, 3.8) is 0 Å². The number of carboxylic acids is 1. The molecule has 1 aromatic rings. The summed E-state index contributed by atoms with van der Waals surface area (Å²) in [7, 11) is 0. The number of fused-ring (bicyclic) bond motifs is 2. The van der Waals surface area contributed by atoms with Crippen LogP contribution in [0.15, 0.2) is 30.3 Å². The van der Waals surface area contributed by atoms with Crippen molar-refractivity contribution in [2.75, 3.05) is 13.1 Å². The number of nitrogens with zero attached hydrogens (tertiary/aromatic N) is 1. The van der Waals surface area contributed by atoms with E-state index in [1.807, 2.05) is 30.3 Å². The van der Waals surface area contributed by atoms with Crippen molar-refractivity contribution in [3.8, 4) is 0 Å². The van der Waals surface area contributed by atoms with Crippen LogP contribution >= 0.6 is 0 Å². The number of hydrogen-bond acceptors (Lipinski definition) is 3. The lowest BCUT2D eigenvalue weighted by molar-refractivity contribution is -0.143. The number of benzene rings is 1. The van der Waals surface area contributed by atoms with Crippen molar-refractivity contribution in [2.45, 2.75) is 19.4 Å². The molecular formula is C16H19NO4. The molecule has 1 saturated carbocycles. The van der Waals surface area contributed by atoms with Gasteiger partial charge in [-0.3, -0.25) is 4.79 Å². The molecule has 1 saturated heterocycles. The second kappa shape index (κ2) is 5.76. The quantitative estimate of drug-likeness (QED) is 0.927. The van der Waals surface area contributed by atoms with Gasteiger partial charge in [0.25, 0.3) is 0 Å². The first-order valence-corrected chi connectivity index (χ1v) is 7.32. The number of piperidine rings is 1. The lowest BCUT2D eigenvalue weighted by Crippen LogP contribution is -2.42. The van der Waals surface area contributed by atoms with Crippen LogP contribution in [0.25, 0.3) is 0 Å². The van der Waals surface area contributed by atoms with Crippen LogP contribution in [-0.4, -0.2) is 35.2 Å². The monoisotopic (exact) mass is 289 g/mol. The summed E-state index contributed by atoms with van der Waals surface area (Å²) in [6, 6.07) is 9.55. The minimum atomic E-state index is -0.734. The van der Waals surface area contributed by atoms with E-state index in [9.17, 15) is 14.7 Å². The van der Waals surface area contributed by atoms with Crippen molar-refractivity contribution in [1.29, 1.82) is 0 Å². The highest BCUT2D eigenvalue weighted by atomic mass is 16.6. The number of rotatable bonds is 3. The van der Waals surface area contributed by atoms with Gasteiger partial charge >= 0.3 is 12.1 Å². The Morgan fingerprint density at radius 3 is 2.67 bits per heavy atom. The Labute approximate surface area is 123 Å². The number of aliphatic carboxylic acids is 1. The average Bonchev–Trinajstić information content (AvgIpc) is 2.80. The molecule has 5 nitrogen and oxygen atoms in total. The molecule has 3 atom stereocenters. The molecule has 3 unspecified atom stereocenters. The van der Waals surface area contributed by atoms with Gasteiger partial charge in [-0.25, -0.2) is 4.79 Å². The average molecular weight is 289 g/mol. The zero-order valence-electron chi connectivity index (χ0n) is 11.8. The smallest absolute Gasteiger partial charge is 0.410 e. The van der Waals surface area contributed by atoms with Gasteiger partial charge in [-0.15, -0.1) is 0 Å². The summed E-state index contributed by atoms with van der Waals surface area (Å²) in [5.74, 6) is -0.663. The molecule has 1 aliphatic heterocycles. The van der Waals surface area contributed by atoms with E-state index in [2.05, 4.69) is 0 Å². The first-order valence-electron chi connectivity index (χ1n) is 7.32. The molecule has 2 fully saturated rings. The highest BCUT2D eigenvalue weighted by Gasteiger charge is 2.44. The van der Waals surface area contributed by atoms with Crippen LogP contribution in [-0.2, 0) is 16.1 Å². The minimum absolute atomic E-state index is 0.0746. The standard InChI is InChI=1S/C16H19NO4/c18-15(19)14-7-12-6-13(14)9-17(8-12)16(20)21-10-11-4-2-1-3-5-11/h1-5,12-14H,6-10H2,(H,18,19). The number of hydrogen-bond donors (Lipinski definition) is 1. The summed E-state index contributed by atoms with van der Waals surface area (Å²) in [4.78, 5) is 25.0. The normalized spacial score (nSPS) is 27.4. The van der Waals surface area contributed by atoms with E-state index in [1.54, 1.807) is 4.90 Å². The van der Waals surface area contributed by atoms with Gasteiger partial charge in [0.1, 0.15) is 6.61 Å². The summed E-state index contributed by atoms with van der Waals surface area (Å²) in [5.41, 5.74) is 0.953. The van der Waals surface area contributed by atoms with Crippen molar-refractivity contribution < 1.29 is 19.4 Å². The Bertz CT molecular complexity index is 530. The van der Waals surface area contributed by atoms with Crippen LogP contribution in [0.5, 0.6) is 0 Å². The predicted molar refractivity (Wildman–Crippen MR) is 75.5 cm³/mol. The van der Waals surface area contributed by atoms with Crippen LogP contribution in [0.3, 0.4) is 0 Å². The maximum absolute atomic E-state index is 12.1. The van der Waals surface area contributed by atoms with E-state index in [-0.39, 0.29) is 24.5 Å². The number of carbonyl (C=O) groups is 2. The fraction of sp³-hybridized carbons (Fsp3) is 0.500. The van der Waals surface area contributed by atoms with E-state index >= 15 is 0 Å². The van der Waals surface area contributed by atoms with Gasteiger partial charge in [-0.05, 0) is 30.2 Å². The van der Waals surface area contributed by atoms with E-state index in [4.69, 9.17) is 4.74 Å². The Hall–Kier alpha value is -2.04. The maximum Gasteiger partial charge on any atom is 0.410 e. The van der Waals surface area contributed by atoms with E-state index in [1.165, 1.54) is 0 Å². The molecule has 0 radical (unpaired) electrons. The predicted octanol–water partition coefficient (Wildman–Crippen LogP) is 2.37. The van der Waals surface area contributed by atoms with Gasteiger partial charge < -0.3 is 14.7 Å². The molecule has 3 rings (SSSR count). The number of likely N-dealkylation sites (tertiary alicyclic amines) is 1. The van der Waals surface area contributed by atoms with Crippen LogP contribution < -0.4 is 0 Å². The second-order valence-corrected chi connectivity index (χ2v) is 5.99. The third-order valence-corrected chi connectivity index (χ3v) is 4.51. The van der Waals surface area contributed by atoms with Crippen molar-refractivity contribution in [2.24, 2.45) is 17.8 Å². The largest absolute Gasteiger partial charge is 0.481 e. The molecule has 0 aromatic heterocycles. The van der Waals surface area contributed by atoms with E-state index < -0.39 is 5.97 Å². The van der Waals surface area contributed by atoms with Gasteiger partial charge in [-0.2, -0.15) is 0 Å². The molecule has 1 aliphatic carbocycles. The minimum Gasteiger partial charge on any atom is -0.481 e. The molecule has 1 heterocycles. The first kappa shape index (κ1) is 13.9. The van der Waals surface area contributed by atoms with Crippen molar-refractivity contribution in [3.05, 3.63) is 35.9 Å². The molecule has 2 aliphatic rings. The van der Waals surface area contributed by atoms with Gasteiger partial charge in [-0.1, -0.05) is 30.3 Å². The Balaban J connectivity index is 1.56. The summed E-state index contributed by atoms with van der Waals surface area (Å²) in [6.45, 7) is 1.38. The van der Waals surface area contributed by atoms with Gasteiger partial charge in [0.05, 0.1) is 5.92 Å². The van der Waals surface area contributed by atoms with Crippen LogP contribution in [0.4, 0.5) is 4.79 Å². The van der Waals surface area contributed by atoms with Crippen LogP contribution in [0.2, 0.25) is 0 Å². The Morgan fingerprint density at radius 2 is 1.95 bits per heavy atom. The molecule has 112 valence electrons. The zero-order chi connectivity index (χ0) is 14.8. The number of carboxylic acid groups (broad SMARTS) is 1.